The monoisotopic (exact) mass is 893 g/mol. The summed E-state index contributed by atoms with van der Waals surface area (Å²) in [5.74, 6) is -0.260. The van der Waals surface area contributed by atoms with Gasteiger partial charge in [-0.3, -0.25) is 33.7 Å². The molecule has 0 saturated carbocycles. The number of nitrogens with one attached hydrogen (secondary N) is 5. The lowest BCUT2D eigenvalue weighted by molar-refractivity contribution is -0.122. The fourth-order valence-corrected chi connectivity index (χ4v) is 6.86. The zero-order valence-electron chi connectivity index (χ0n) is 38.2. The zero-order valence-corrected chi connectivity index (χ0v) is 38.2. The molecule has 13 N–H and O–H groups in total. The number of aryl methyl sites for hydroxylation is 2. The minimum atomic E-state index is -0.387. The first-order chi connectivity index (χ1) is 31.3. The van der Waals surface area contributed by atoms with Crippen molar-refractivity contribution in [2.45, 2.75) is 79.8 Å². The molecule has 2 aromatic heterocycles. The van der Waals surface area contributed by atoms with E-state index in [2.05, 4.69) is 37.8 Å². The van der Waals surface area contributed by atoms with Crippen molar-refractivity contribution < 1.29 is 9.59 Å². The summed E-state index contributed by atoms with van der Waals surface area (Å²) < 4.78 is 2.82. The van der Waals surface area contributed by atoms with Crippen LogP contribution in [0.15, 0.2) is 113 Å². The normalized spacial score (nSPS) is 10.8. The maximum atomic E-state index is 13.2. The van der Waals surface area contributed by atoms with E-state index in [1.54, 1.807) is 48.8 Å². The second-order valence-electron chi connectivity index (χ2n) is 16.5. The zero-order chi connectivity index (χ0) is 48.2. The number of aromatic nitrogens is 4. The van der Waals surface area contributed by atoms with Crippen molar-refractivity contribution in [3.63, 3.8) is 0 Å². The number of benzene rings is 4. The standard InChI is InChI=1S/C25H30N6O2.C24H29N7O2/c1-15(2)30-24-25(33)31(22(13-29-24)20-9-16(3)10-21(27)11-20)14-23(32)28-12-18-5-7-19(8-6-18)17(4)26;1-14(2)30-23-24(33)31(20(12-29-23)18-8-15(3)9-19(25)10-18)13-21(32)28-11-16-4-6-17(7-5-16)22(26)27/h5-11,13,15H,4,12,14,26-27H2,1-3H3,(H,28,32)(H,29,30);4-10,12,14H,11,13,25H2,1-3H3,(H3,26,27)(H,28,32)(H,29,30). The number of carbonyl (C=O) groups is 2. The lowest BCUT2D eigenvalue weighted by atomic mass is 10.1. The van der Waals surface area contributed by atoms with Crippen LogP contribution in [-0.4, -0.2) is 48.8 Å². The molecule has 66 heavy (non-hydrogen) atoms. The topological polar surface area (TPSA) is 280 Å². The molecule has 6 aromatic rings. The third-order valence-corrected chi connectivity index (χ3v) is 9.92. The number of anilines is 4. The summed E-state index contributed by atoms with van der Waals surface area (Å²) in [6, 6.07) is 25.5. The first-order valence-corrected chi connectivity index (χ1v) is 21.3. The third kappa shape index (κ3) is 13.4. The predicted molar refractivity (Wildman–Crippen MR) is 264 cm³/mol. The average Bonchev–Trinajstić information content (AvgIpc) is 3.24. The van der Waals surface area contributed by atoms with E-state index < -0.39 is 0 Å². The van der Waals surface area contributed by atoms with Gasteiger partial charge in [0.1, 0.15) is 18.9 Å². The quantitative estimate of drug-likeness (QED) is 0.0349. The number of rotatable bonds is 16. The van der Waals surface area contributed by atoms with Gasteiger partial charge in [0.2, 0.25) is 11.8 Å². The Kier molecular flexibility index (Phi) is 16.2. The molecule has 0 atom stereocenters. The molecule has 0 aliphatic heterocycles. The molecule has 0 radical (unpaired) electrons. The van der Waals surface area contributed by atoms with Crippen molar-refractivity contribution in [2.75, 3.05) is 22.1 Å². The predicted octanol–water partition coefficient (Wildman–Crippen LogP) is 5.09. The summed E-state index contributed by atoms with van der Waals surface area (Å²) in [5.41, 5.74) is 31.6. The van der Waals surface area contributed by atoms with E-state index in [0.717, 1.165) is 33.4 Å². The summed E-state index contributed by atoms with van der Waals surface area (Å²) in [5, 5.41) is 19.2. The van der Waals surface area contributed by atoms with E-state index in [1.807, 2.05) is 90.1 Å². The molecule has 6 rings (SSSR count). The number of amides is 2. The lowest BCUT2D eigenvalue weighted by Gasteiger charge is -2.17. The largest absolute Gasteiger partial charge is 0.399 e. The van der Waals surface area contributed by atoms with Crippen molar-refractivity contribution in [2.24, 2.45) is 11.5 Å². The number of amidine groups is 1. The highest BCUT2D eigenvalue weighted by Gasteiger charge is 2.18. The Morgan fingerprint density at radius 1 is 0.636 bits per heavy atom. The molecule has 4 aromatic carbocycles. The van der Waals surface area contributed by atoms with Crippen LogP contribution >= 0.6 is 0 Å². The van der Waals surface area contributed by atoms with Gasteiger partial charge in [-0.25, -0.2) is 9.97 Å². The van der Waals surface area contributed by atoms with Gasteiger partial charge in [0.15, 0.2) is 11.6 Å². The Labute approximate surface area is 383 Å². The molecule has 0 aliphatic carbocycles. The van der Waals surface area contributed by atoms with Gasteiger partial charge in [0, 0.05) is 58.9 Å². The highest BCUT2D eigenvalue weighted by atomic mass is 16.2. The summed E-state index contributed by atoms with van der Waals surface area (Å²) in [6.45, 7) is 15.4. The van der Waals surface area contributed by atoms with Crippen molar-refractivity contribution in [3.8, 4) is 22.5 Å². The molecular formula is C49H59N13O4. The molecule has 0 bridgehead atoms. The molecule has 17 heteroatoms. The van der Waals surface area contributed by atoms with Crippen LogP contribution in [0, 0.1) is 19.3 Å². The Bertz CT molecular complexity index is 2610. The van der Waals surface area contributed by atoms with Gasteiger partial charge < -0.3 is 44.2 Å². The van der Waals surface area contributed by atoms with E-state index in [4.69, 9.17) is 28.3 Å². The van der Waals surface area contributed by atoms with Gasteiger partial charge in [0.25, 0.3) is 11.1 Å². The molecule has 0 spiro atoms. The number of nitrogens with two attached hydrogens (primary N) is 4. The number of carbonyl (C=O) groups excluding carboxylic acids is 2. The fraction of sp³-hybridized carbons (Fsp3) is 0.245. The highest BCUT2D eigenvalue weighted by molar-refractivity contribution is 5.94. The van der Waals surface area contributed by atoms with Gasteiger partial charge in [-0.1, -0.05) is 55.1 Å². The Morgan fingerprint density at radius 3 is 1.35 bits per heavy atom. The van der Waals surface area contributed by atoms with E-state index >= 15 is 0 Å². The number of nitrogens with zero attached hydrogens (tertiary/aromatic N) is 4. The Hall–Kier alpha value is -8.21. The molecule has 17 nitrogen and oxygen atoms in total. The van der Waals surface area contributed by atoms with Crippen molar-refractivity contribution in [1.29, 1.82) is 5.41 Å². The maximum absolute atomic E-state index is 13.2. The van der Waals surface area contributed by atoms with Crippen LogP contribution in [0.25, 0.3) is 28.2 Å². The third-order valence-electron chi connectivity index (χ3n) is 9.92. The smallest absolute Gasteiger partial charge is 0.294 e. The summed E-state index contributed by atoms with van der Waals surface area (Å²) in [6.07, 6.45) is 3.17. The average molecular weight is 894 g/mol. The number of nitrogen functional groups attached to an aromatic ring is 3. The molecular weight excluding hydrogens is 835 g/mol. The van der Waals surface area contributed by atoms with E-state index in [1.165, 1.54) is 9.13 Å². The molecule has 2 amide bonds. The second kappa shape index (κ2) is 21.9. The first-order valence-electron chi connectivity index (χ1n) is 21.3. The van der Waals surface area contributed by atoms with Crippen LogP contribution in [0.3, 0.4) is 0 Å². The van der Waals surface area contributed by atoms with Gasteiger partial charge in [-0.2, -0.15) is 0 Å². The van der Waals surface area contributed by atoms with E-state index in [9.17, 15) is 19.2 Å². The molecule has 0 saturated heterocycles. The highest BCUT2D eigenvalue weighted by Crippen LogP contribution is 2.24. The van der Waals surface area contributed by atoms with Crippen LogP contribution in [0.5, 0.6) is 0 Å². The summed E-state index contributed by atoms with van der Waals surface area (Å²) >= 11 is 0. The second-order valence-corrected chi connectivity index (χ2v) is 16.5. The molecule has 344 valence electrons. The molecule has 0 unspecified atom stereocenters. The van der Waals surface area contributed by atoms with E-state index in [0.29, 0.717) is 46.1 Å². The van der Waals surface area contributed by atoms with Gasteiger partial charge in [-0.05, 0) is 106 Å². The minimum Gasteiger partial charge on any atom is -0.399 e. The van der Waals surface area contributed by atoms with Crippen molar-refractivity contribution >= 4 is 46.4 Å². The lowest BCUT2D eigenvalue weighted by Crippen LogP contribution is -2.35. The first kappa shape index (κ1) is 48.8. The van der Waals surface area contributed by atoms with Crippen LogP contribution in [0.1, 0.15) is 61.1 Å². The van der Waals surface area contributed by atoms with Crippen LogP contribution in [0.4, 0.5) is 23.0 Å². The van der Waals surface area contributed by atoms with Crippen molar-refractivity contribution in [1.82, 2.24) is 29.7 Å². The minimum absolute atomic E-state index is 0.00548. The Morgan fingerprint density at radius 2 is 1.02 bits per heavy atom. The number of hydrogen-bond acceptors (Lipinski definition) is 12. The van der Waals surface area contributed by atoms with Gasteiger partial charge in [-0.15, -0.1) is 0 Å². The fourth-order valence-electron chi connectivity index (χ4n) is 6.86. The van der Waals surface area contributed by atoms with Gasteiger partial charge >= 0.3 is 0 Å². The molecule has 2 heterocycles. The summed E-state index contributed by atoms with van der Waals surface area (Å²) in [4.78, 5) is 60.5. The molecule has 0 fully saturated rings. The van der Waals surface area contributed by atoms with Crippen LogP contribution < -0.4 is 55.3 Å². The molecule has 0 aliphatic rings. The van der Waals surface area contributed by atoms with E-state index in [-0.39, 0.29) is 72.1 Å². The Balaban J connectivity index is 0.000000247. The summed E-state index contributed by atoms with van der Waals surface area (Å²) in [7, 11) is 0. The van der Waals surface area contributed by atoms with Crippen molar-refractivity contribution in [3.05, 3.63) is 158 Å². The maximum Gasteiger partial charge on any atom is 0.294 e. The SMILES string of the molecule is C=C(N)c1ccc(CNC(=O)Cn2c(-c3cc(C)cc(N)c3)cnc(NC(C)C)c2=O)cc1.Cc1cc(N)cc(-c2cnc(NC(C)C)c(=O)n2CC(=O)NCc2ccc(C(=N)N)cc2)c1. The number of hydrogen-bond donors (Lipinski definition) is 9. The van der Waals surface area contributed by atoms with Gasteiger partial charge in [0.05, 0.1) is 23.8 Å². The van der Waals surface area contributed by atoms with Crippen LogP contribution in [-0.2, 0) is 35.8 Å². The van der Waals surface area contributed by atoms with Crippen LogP contribution in [0.2, 0.25) is 0 Å².